The van der Waals surface area contributed by atoms with E-state index in [0.29, 0.717) is 50.6 Å². The monoisotopic (exact) mass is 568 g/mol. The molecule has 9 nitrogen and oxygen atoms in total. The van der Waals surface area contributed by atoms with Gasteiger partial charge in [0.05, 0.1) is 36.3 Å². The van der Waals surface area contributed by atoms with E-state index in [2.05, 4.69) is 5.32 Å². The Hall–Kier alpha value is -3.93. The highest BCUT2D eigenvalue weighted by Crippen LogP contribution is 2.42. The van der Waals surface area contributed by atoms with Crippen LogP contribution in [0.5, 0.6) is 11.5 Å². The van der Waals surface area contributed by atoms with Crippen molar-refractivity contribution in [3.05, 3.63) is 77.6 Å². The molecule has 210 valence electrons. The Balaban J connectivity index is 1.60. The number of amides is 1. The predicted octanol–water partition coefficient (Wildman–Crippen LogP) is 5.00. The molecule has 0 spiro atoms. The fourth-order valence-corrected chi connectivity index (χ4v) is 5.82. The summed E-state index contributed by atoms with van der Waals surface area (Å²) >= 11 is 0. The molecule has 0 aliphatic carbocycles. The molecule has 2 N–H and O–H groups in total. The summed E-state index contributed by atoms with van der Waals surface area (Å²) in [5.74, 6) is 0.545. The van der Waals surface area contributed by atoms with Gasteiger partial charge in [-0.3, -0.25) is 9.10 Å². The molecule has 1 amide bonds. The van der Waals surface area contributed by atoms with E-state index in [-0.39, 0.29) is 31.3 Å². The summed E-state index contributed by atoms with van der Waals surface area (Å²) in [6.45, 7) is 1.69. The van der Waals surface area contributed by atoms with E-state index in [0.717, 1.165) is 6.26 Å². The molecule has 11 heteroatoms. The maximum atomic E-state index is 13.2. The van der Waals surface area contributed by atoms with Crippen LogP contribution in [0.3, 0.4) is 0 Å². The number of nitrogens with one attached hydrogen (secondary N) is 1. The summed E-state index contributed by atoms with van der Waals surface area (Å²) in [4.78, 5) is 13.1. The predicted molar refractivity (Wildman–Crippen MR) is 149 cm³/mol. The number of benzene rings is 3. The molecule has 2 unspecified atom stereocenters. The van der Waals surface area contributed by atoms with Crippen molar-refractivity contribution in [2.24, 2.45) is 0 Å². The molecule has 0 saturated carbocycles. The summed E-state index contributed by atoms with van der Waals surface area (Å²) in [5.41, 5.74) is 2.21. The molecule has 40 heavy (non-hydrogen) atoms. The first-order chi connectivity index (χ1) is 19.1. The van der Waals surface area contributed by atoms with Crippen LogP contribution >= 0.6 is 0 Å². The van der Waals surface area contributed by atoms with Gasteiger partial charge in [-0.25, -0.2) is 12.8 Å². The molecular formula is C29H29FN2O7S. The van der Waals surface area contributed by atoms with Gasteiger partial charge >= 0.3 is 0 Å². The van der Waals surface area contributed by atoms with Crippen LogP contribution in [0.4, 0.5) is 10.1 Å². The Morgan fingerprint density at radius 2 is 1.77 bits per heavy atom. The topological polar surface area (TPSA) is 118 Å². The van der Waals surface area contributed by atoms with Crippen LogP contribution in [-0.4, -0.2) is 52.0 Å². The van der Waals surface area contributed by atoms with Crippen molar-refractivity contribution >= 4 is 32.6 Å². The van der Waals surface area contributed by atoms with Gasteiger partial charge in [-0.05, 0) is 67.9 Å². The molecule has 0 bridgehead atoms. The summed E-state index contributed by atoms with van der Waals surface area (Å²) in [7, 11) is -2.18. The molecule has 1 aliphatic heterocycles. The number of aliphatic hydroxyl groups is 1. The number of hydrogen-bond donors (Lipinski definition) is 2. The number of nitrogens with zero attached hydrogens (tertiary/aromatic N) is 1. The highest BCUT2D eigenvalue weighted by atomic mass is 32.2. The SMILES string of the molecule is CNC(=O)c1c(-c2ccc(Oc3ccc(F)cc3)cc2)oc2cc3c(cc12)C(C)OC(CCO)CN3S(C)(=O)=O. The number of anilines is 1. The maximum absolute atomic E-state index is 13.2. The Labute approximate surface area is 231 Å². The number of carbonyl (C=O) groups excluding carboxylic acids is 1. The Bertz CT molecular complexity index is 1650. The first-order valence-corrected chi connectivity index (χ1v) is 14.5. The summed E-state index contributed by atoms with van der Waals surface area (Å²) in [5, 5.41) is 12.6. The lowest BCUT2D eigenvalue weighted by Gasteiger charge is -2.24. The van der Waals surface area contributed by atoms with Gasteiger partial charge in [0.1, 0.15) is 28.7 Å². The first kappa shape index (κ1) is 27.6. The second-order valence-corrected chi connectivity index (χ2v) is 11.5. The molecule has 0 radical (unpaired) electrons. The lowest BCUT2D eigenvalue weighted by atomic mass is 10.0. The smallest absolute Gasteiger partial charge is 0.255 e. The van der Waals surface area contributed by atoms with Crippen molar-refractivity contribution < 1.29 is 36.6 Å². The fourth-order valence-electron chi connectivity index (χ4n) is 4.86. The zero-order valence-electron chi connectivity index (χ0n) is 22.2. The van der Waals surface area contributed by atoms with Crippen molar-refractivity contribution in [2.45, 2.75) is 25.6 Å². The molecule has 4 aromatic rings. The standard InChI is InChI=1S/C29H29FN2O7S/c1-17-23-14-24-26(15-25(23)32(40(3,35)36)16-22(37-17)12-13-33)39-28(27(24)29(34)31-2)18-4-8-20(9-5-18)38-21-10-6-19(30)7-11-21/h4-11,14-15,17,22,33H,12-13,16H2,1-3H3,(H,31,34). The van der Waals surface area contributed by atoms with Gasteiger partial charge in [0.25, 0.3) is 5.91 Å². The minimum Gasteiger partial charge on any atom is -0.457 e. The van der Waals surface area contributed by atoms with Crippen molar-refractivity contribution in [1.29, 1.82) is 0 Å². The summed E-state index contributed by atoms with van der Waals surface area (Å²) in [6, 6.07) is 15.9. The van der Waals surface area contributed by atoms with Gasteiger partial charge in [0, 0.05) is 36.2 Å². The van der Waals surface area contributed by atoms with Crippen LogP contribution in [0, 0.1) is 5.82 Å². The third-order valence-electron chi connectivity index (χ3n) is 6.78. The third-order valence-corrected chi connectivity index (χ3v) is 7.93. The first-order valence-electron chi connectivity index (χ1n) is 12.7. The Kier molecular flexibility index (Phi) is 7.54. The van der Waals surface area contributed by atoms with E-state index in [1.807, 2.05) is 0 Å². The van der Waals surface area contributed by atoms with Crippen molar-refractivity contribution in [3.8, 4) is 22.8 Å². The fraction of sp³-hybridized carbons (Fsp3) is 0.276. The summed E-state index contributed by atoms with van der Waals surface area (Å²) < 4.78 is 58.2. The number of furan rings is 1. The van der Waals surface area contributed by atoms with Crippen LogP contribution in [0.15, 0.2) is 65.1 Å². The highest BCUT2D eigenvalue weighted by Gasteiger charge is 2.33. The van der Waals surface area contributed by atoms with E-state index in [1.54, 1.807) is 43.3 Å². The number of aliphatic hydroxyl groups excluding tert-OH is 1. The quantitative estimate of drug-likeness (QED) is 0.322. The number of fused-ring (bicyclic) bond motifs is 2. The molecule has 1 aliphatic rings. The third kappa shape index (κ3) is 5.40. The van der Waals surface area contributed by atoms with E-state index < -0.39 is 22.2 Å². The number of ether oxygens (including phenoxy) is 2. The molecule has 2 atom stereocenters. The van der Waals surface area contributed by atoms with Crippen molar-refractivity contribution in [2.75, 3.05) is 30.8 Å². The van der Waals surface area contributed by atoms with Crippen molar-refractivity contribution in [3.63, 3.8) is 0 Å². The molecule has 2 heterocycles. The number of carbonyl (C=O) groups is 1. The van der Waals surface area contributed by atoms with Crippen LogP contribution in [0.2, 0.25) is 0 Å². The molecule has 3 aromatic carbocycles. The Morgan fingerprint density at radius 1 is 1.12 bits per heavy atom. The largest absolute Gasteiger partial charge is 0.457 e. The van der Waals surface area contributed by atoms with Crippen LogP contribution < -0.4 is 14.4 Å². The average molecular weight is 569 g/mol. The molecule has 0 fully saturated rings. The molecular weight excluding hydrogens is 539 g/mol. The number of hydrogen-bond acceptors (Lipinski definition) is 7. The van der Waals surface area contributed by atoms with Gasteiger partial charge in [-0.1, -0.05) is 0 Å². The number of halogens is 1. The Morgan fingerprint density at radius 3 is 2.38 bits per heavy atom. The van der Waals surface area contributed by atoms with E-state index in [9.17, 15) is 22.7 Å². The zero-order valence-corrected chi connectivity index (χ0v) is 23.0. The second-order valence-electron chi connectivity index (χ2n) is 9.58. The summed E-state index contributed by atoms with van der Waals surface area (Å²) in [6.07, 6.45) is 0.362. The number of sulfonamides is 1. The van der Waals surface area contributed by atoms with Gasteiger partial charge in [-0.2, -0.15) is 0 Å². The van der Waals surface area contributed by atoms with Crippen LogP contribution in [0.1, 0.15) is 35.4 Å². The van der Waals surface area contributed by atoms with Gasteiger partial charge < -0.3 is 24.3 Å². The second kappa shape index (κ2) is 10.9. The van der Waals surface area contributed by atoms with E-state index >= 15 is 0 Å². The molecule has 5 rings (SSSR count). The maximum Gasteiger partial charge on any atom is 0.255 e. The van der Waals surface area contributed by atoms with Crippen molar-refractivity contribution in [1.82, 2.24) is 5.32 Å². The van der Waals surface area contributed by atoms with Crippen LogP contribution in [-0.2, 0) is 14.8 Å². The average Bonchev–Trinajstić information content (AvgIpc) is 3.23. The highest BCUT2D eigenvalue weighted by molar-refractivity contribution is 7.92. The normalized spacial score (nSPS) is 17.4. The van der Waals surface area contributed by atoms with Gasteiger partial charge in [0.2, 0.25) is 10.0 Å². The molecule has 0 saturated heterocycles. The van der Waals surface area contributed by atoms with Gasteiger partial charge in [0.15, 0.2) is 0 Å². The van der Waals surface area contributed by atoms with E-state index in [1.165, 1.54) is 35.6 Å². The zero-order chi connectivity index (χ0) is 28.6. The lowest BCUT2D eigenvalue weighted by molar-refractivity contribution is -0.00546. The minimum absolute atomic E-state index is 0.0353. The number of rotatable bonds is 7. The van der Waals surface area contributed by atoms with Crippen LogP contribution in [0.25, 0.3) is 22.3 Å². The van der Waals surface area contributed by atoms with Gasteiger partial charge in [-0.15, -0.1) is 0 Å². The minimum atomic E-state index is -3.70. The van der Waals surface area contributed by atoms with E-state index in [4.69, 9.17) is 13.9 Å². The lowest BCUT2D eigenvalue weighted by Crippen LogP contribution is -2.37. The molecule has 1 aromatic heterocycles.